The van der Waals surface area contributed by atoms with E-state index < -0.39 is 10.8 Å². The molecule has 3 rings (SSSR count). The zero-order valence-electron chi connectivity index (χ0n) is 16.3. The summed E-state index contributed by atoms with van der Waals surface area (Å²) in [5.74, 6) is -0.492. The minimum Gasteiger partial charge on any atom is -0.494 e. The molecule has 2 amide bonds. The van der Waals surface area contributed by atoms with Crippen LogP contribution < -0.4 is 15.4 Å². The summed E-state index contributed by atoms with van der Waals surface area (Å²) in [5.41, 5.74) is 0.789. The van der Waals surface area contributed by atoms with Gasteiger partial charge in [-0.05, 0) is 12.1 Å². The SMILES string of the molecule is COc1cc(NC(=O)c2sc3c([N+](=O)[O-])cccc3c2Cl)ccc1NC(=O)C(C)C. The van der Waals surface area contributed by atoms with Crippen molar-refractivity contribution in [1.82, 2.24) is 0 Å². The third-order valence-electron chi connectivity index (χ3n) is 4.28. The monoisotopic (exact) mass is 447 g/mol. The van der Waals surface area contributed by atoms with Gasteiger partial charge in [0.05, 0.1) is 22.7 Å². The van der Waals surface area contributed by atoms with Gasteiger partial charge in [-0.2, -0.15) is 0 Å². The molecule has 0 unspecified atom stereocenters. The first-order valence-corrected chi connectivity index (χ1v) is 10.1. The maximum absolute atomic E-state index is 12.8. The van der Waals surface area contributed by atoms with Crippen molar-refractivity contribution in [1.29, 1.82) is 0 Å². The van der Waals surface area contributed by atoms with Crippen LogP contribution >= 0.6 is 22.9 Å². The summed E-state index contributed by atoms with van der Waals surface area (Å²) in [5, 5.41) is 17.3. The second kappa shape index (κ2) is 8.68. The molecule has 156 valence electrons. The van der Waals surface area contributed by atoms with Crippen molar-refractivity contribution in [2.45, 2.75) is 13.8 Å². The second-order valence-corrected chi connectivity index (χ2v) is 8.07. The van der Waals surface area contributed by atoms with Crippen molar-refractivity contribution in [2.24, 2.45) is 5.92 Å². The Morgan fingerprint density at radius 1 is 1.20 bits per heavy atom. The number of rotatable bonds is 6. The van der Waals surface area contributed by atoms with Crippen LogP contribution in [0.4, 0.5) is 17.1 Å². The highest BCUT2D eigenvalue weighted by atomic mass is 35.5. The van der Waals surface area contributed by atoms with Crippen LogP contribution in [0.15, 0.2) is 36.4 Å². The highest BCUT2D eigenvalue weighted by Gasteiger charge is 2.23. The van der Waals surface area contributed by atoms with Crippen molar-refractivity contribution in [3.8, 4) is 5.75 Å². The second-order valence-electron chi connectivity index (χ2n) is 6.67. The Balaban J connectivity index is 1.89. The number of thiophene rings is 1. The lowest BCUT2D eigenvalue weighted by atomic mass is 10.2. The number of hydrogen-bond donors (Lipinski definition) is 2. The minimum atomic E-state index is -0.508. The molecule has 0 bridgehead atoms. The van der Waals surface area contributed by atoms with Gasteiger partial charge in [-0.1, -0.05) is 37.6 Å². The van der Waals surface area contributed by atoms with Crippen LogP contribution in [-0.4, -0.2) is 23.8 Å². The van der Waals surface area contributed by atoms with Gasteiger partial charge < -0.3 is 15.4 Å². The Labute approximate surface area is 180 Å². The molecule has 0 aliphatic heterocycles. The van der Waals surface area contributed by atoms with Crippen LogP contribution in [0, 0.1) is 16.0 Å². The highest BCUT2D eigenvalue weighted by Crippen LogP contribution is 2.40. The molecule has 0 atom stereocenters. The summed E-state index contributed by atoms with van der Waals surface area (Å²) < 4.78 is 5.64. The van der Waals surface area contributed by atoms with Gasteiger partial charge in [-0.15, -0.1) is 11.3 Å². The molecule has 0 spiro atoms. The summed E-state index contributed by atoms with van der Waals surface area (Å²) in [6, 6.07) is 9.32. The summed E-state index contributed by atoms with van der Waals surface area (Å²) in [4.78, 5) is 35.6. The van der Waals surface area contributed by atoms with Gasteiger partial charge in [0.25, 0.3) is 11.6 Å². The number of fused-ring (bicyclic) bond motifs is 1. The summed E-state index contributed by atoms with van der Waals surface area (Å²) in [6.45, 7) is 3.55. The molecule has 3 aromatic rings. The zero-order valence-corrected chi connectivity index (χ0v) is 17.9. The molecule has 30 heavy (non-hydrogen) atoms. The number of benzene rings is 2. The molecule has 0 saturated heterocycles. The fourth-order valence-electron chi connectivity index (χ4n) is 2.70. The highest BCUT2D eigenvalue weighted by molar-refractivity contribution is 7.22. The maximum Gasteiger partial charge on any atom is 0.287 e. The molecular formula is C20H18ClN3O5S. The number of non-ortho nitro benzene ring substituents is 1. The molecule has 0 fully saturated rings. The molecule has 8 nitrogen and oxygen atoms in total. The van der Waals surface area contributed by atoms with Crippen molar-refractivity contribution < 1.29 is 19.2 Å². The Morgan fingerprint density at radius 3 is 2.57 bits per heavy atom. The van der Waals surface area contributed by atoms with E-state index in [9.17, 15) is 19.7 Å². The normalized spacial score (nSPS) is 10.8. The first kappa shape index (κ1) is 21.5. The van der Waals surface area contributed by atoms with Gasteiger partial charge in [-0.25, -0.2) is 0 Å². The van der Waals surface area contributed by atoms with Crippen LogP contribution in [0.3, 0.4) is 0 Å². The zero-order chi connectivity index (χ0) is 22.0. The fraction of sp³-hybridized carbons (Fsp3) is 0.200. The maximum atomic E-state index is 12.8. The Hall–Kier alpha value is -3.17. The number of nitro groups is 1. The van der Waals surface area contributed by atoms with Gasteiger partial charge in [0.15, 0.2) is 0 Å². The number of carbonyl (C=O) groups is 2. The van der Waals surface area contributed by atoms with Crippen LogP contribution in [0.5, 0.6) is 5.75 Å². The number of nitrogens with zero attached hydrogens (tertiary/aromatic N) is 1. The minimum absolute atomic E-state index is 0.106. The Morgan fingerprint density at radius 2 is 1.93 bits per heavy atom. The molecule has 0 aliphatic rings. The quantitative estimate of drug-likeness (QED) is 0.392. The third-order valence-corrected chi connectivity index (χ3v) is 6.01. The van der Waals surface area contributed by atoms with Crippen LogP contribution in [0.2, 0.25) is 5.02 Å². The predicted molar refractivity (Wildman–Crippen MR) is 118 cm³/mol. The molecule has 2 N–H and O–H groups in total. The molecular weight excluding hydrogens is 430 g/mol. The van der Waals surface area contributed by atoms with Gasteiger partial charge >= 0.3 is 0 Å². The number of ether oxygens (including phenoxy) is 1. The standard InChI is InChI=1S/C20H18ClN3O5S/c1-10(2)19(25)23-13-8-7-11(9-15(13)29-3)22-20(26)18-16(21)12-5-4-6-14(24(27)28)17(12)30-18/h4-10H,1-3H3,(H,22,26)(H,23,25). The number of halogens is 1. The van der Waals surface area contributed by atoms with Crippen LogP contribution in [-0.2, 0) is 4.79 Å². The molecule has 1 heterocycles. The smallest absolute Gasteiger partial charge is 0.287 e. The lowest BCUT2D eigenvalue weighted by Crippen LogP contribution is -2.18. The molecule has 10 heteroatoms. The first-order chi connectivity index (χ1) is 14.2. The number of amides is 2. The van der Waals surface area contributed by atoms with E-state index in [0.717, 1.165) is 11.3 Å². The average Bonchev–Trinajstić information content (AvgIpc) is 3.05. The van der Waals surface area contributed by atoms with Gasteiger partial charge in [0, 0.05) is 29.1 Å². The largest absolute Gasteiger partial charge is 0.494 e. The van der Waals surface area contributed by atoms with Gasteiger partial charge in [0.2, 0.25) is 5.91 Å². The van der Waals surface area contributed by atoms with E-state index in [1.54, 1.807) is 38.1 Å². The Bertz CT molecular complexity index is 1160. The predicted octanol–water partition coefficient (Wildman–Crippen LogP) is 5.32. The molecule has 0 radical (unpaired) electrons. The summed E-state index contributed by atoms with van der Waals surface area (Å²) >= 11 is 7.28. The molecule has 2 aromatic carbocycles. The fourth-order valence-corrected chi connectivity index (χ4v) is 4.19. The number of carbonyl (C=O) groups excluding carboxylic acids is 2. The summed E-state index contributed by atoms with van der Waals surface area (Å²) in [7, 11) is 1.45. The van der Waals surface area contributed by atoms with Crippen molar-refractivity contribution in [3.05, 3.63) is 56.4 Å². The van der Waals surface area contributed by atoms with E-state index in [2.05, 4.69) is 10.6 Å². The van der Waals surface area contributed by atoms with E-state index in [0.29, 0.717) is 27.2 Å². The molecule has 0 aliphatic carbocycles. The van der Waals surface area contributed by atoms with E-state index in [1.165, 1.54) is 19.2 Å². The Kier molecular flexibility index (Phi) is 6.23. The van der Waals surface area contributed by atoms with Gasteiger partial charge in [0.1, 0.15) is 15.3 Å². The van der Waals surface area contributed by atoms with E-state index in [-0.39, 0.29) is 27.4 Å². The number of hydrogen-bond acceptors (Lipinski definition) is 6. The first-order valence-electron chi connectivity index (χ1n) is 8.88. The number of anilines is 2. The van der Waals surface area contributed by atoms with Crippen LogP contribution in [0.1, 0.15) is 23.5 Å². The molecule has 1 aromatic heterocycles. The van der Waals surface area contributed by atoms with Gasteiger partial charge in [-0.3, -0.25) is 19.7 Å². The summed E-state index contributed by atoms with van der Waals surface area (Å²) in [6.07, 6.45) is 0. The number of nitrogens with one attached hydrogen (secondary N) is 2. The lowest BCUT2D eigenvalue weighted by Gasteiger charge is -2.13. The van der Waals surface area contributed by atoms with Crippen molar-refractivity contribution in [3.63, 3.8) is 0 Å². The van der Waals surface area contributed by atoms with Crippen LogP contribution in [0.25, 0.3) is 10.1 Å². The van der Waals surface area contributed by atoms with Crippen molar-refractivity contribution >= 4 is 61.9 Å². The van der Waals surface area contributed by atoms with E-state index in [1.807, 2.05) is 0 Å². The lowest BCUT2D eigenvalue weighted by molar-refractivity contribution is -0.382. The van der Waals surface area contributed by atoms with Crippen molar-refractivity contribution in [2.75, 3.05) is 17.7 Å². The number of nitro benzene ring substituents is 1. The third kappa shape index (κ3) is 4.22. The van der Waals surface area contributed by atoms with E-state index >= 15 is 0 Å². The average molecular weight is 448 g/mol. The topological polar surface area (TPSA) is 111 Å². The van der Waals surface area contributed by atoms with E-state index in [4.69, 9.17) is 16.3 Å². The number of methoxy groups -OCH3 is 1. The molecule has 0 saturated carbocycles.